The number of carbonyl (C=O) groups excluding carboxylic acids is 1. The molecule has 0 atom stereocenters. The molecule has 1 amide bonds. The SMILES string of the molecule is O=C(Nc1cc(N2CCN(c3ccccc3)CC2)ncn1)c1ccc[nH]c1=O. The molecule has 0 bridgehead atoms. The summed E-state index contributed by atoms with van der Waals surface area (Å²) in [5.74, 6) is 0.615. The van der Waals surface area contributed by atoms with Crippen LogP contribution >= 0.6 is 0 Å². The molecule has 0 spiro atoms. The van der Waals surface area contributed by atoms with Gasteiger partial charge in [-0.25, -0.2) is 9.97 Å². The topological polar surface area (TPSA) is 94.2 Å². The highest BCUT2D eigenvalue weighted by molar-refractivity contribution is 6.03. The average molecular weight is 376 g/mol. The van der Waals surface area contributed by atoms with Crippen LogP contribution in [-0.2, 0) is 0 Å². The van der Waals surface area contributed by atoms with Gasteiger partial charge >= 0.3 is 0 Å². The maximum Gasteiger partial charge on any atom is 0.262 e. The van der Waals surface area contributed by atoms with Crippen molar-refractivity contribution in [2.24, 2.45) is 0 Å². The quantitative estimate of drug-likeness (QED) is 0.720. The molecule has 4 rings (SSSR count). The van der Waals surface area contributed by atoms with Crippen LogP contribution in [0.4, 0.5) is 17.3 Å². The molecule has 2 aromatic heterocycles. The van der Waals surface area contributed by atoms with E-state index in [1.165, 1.54) is 24.3 Å². The number of nitrogens with zero attached hydrogens (tertiary/aromatic N) is 4. The first-order valence-corrected chi connectivity index (χ1v) is 9.07. The van der Waals surface area contributed by atoms with Crippen molar-refractivity contribution in [1.82, 2.24) is 15.0 Å². The van der Waals surface area contributed by atoms with Crippen LogP contribution in [0.3, 0.4) is 0 Å². The number of nitrogens with one attached hydrogen (secondary N) is 2. The maximum atomic E-state index is 12.3. The number of H-pyrrole nitrogens is 1. The maximum absolute atomic E-state index is 12.3. The number of hydrogen-bond donors (Lipinski definition) is 2. The summed E-state index contributed by atoms with van der Waals surface area (Å²) >= 11 is 0. The summed E-state index contributed by atoms with van der Waals surface area (Å²) in [4.78, 5) is 39.5. The number of benzene rings is 1. The van der Waals surface area contributed by atoms with Gasteiger partial charge < -0.3 is 20.1 Å². The molecule has 28 heavy (non-hydrogen) atoms. The molecule has 1 saturated heterocycles. The first-order chi connectivity index (χ1) is 13.7. The summed E-state index contributed by atoms with van der Waals surface area (Å²) in [5, 5.41) is 2.67. The Bertz CT molecular complexity index is 1010. The van der Waals surface area contributed by atoms with Gasteiger partial charge in [-0.2, -0.15) is 0 Å². The lowest BCUT2D eigenvalue weighted by atomic mass is 10.2. The highest BCUT2D eigenvalue weighted by Crippen LogP contribution is 2.20. The number of piperazine rings is 1. The van der Waals surface area contributed by atoms with Gasteiger partial charge in [0, 0.05) is 44.1 Å². The first kappa shape index (κ1) is 17.7. The van der Waals surface area contributed by atoms with Crippen LogP contribution in [-0.4, -0.2) is 47.0 Å². The molecule has 0 radical (unpaired) electrons. The zero-order chi connectivity index (χ0) is 19.3. The van der Waals surface area contributed by atoms with Gasteiger partial charge in [0.2, 0.25) is 0 Å². The molecule has 8 heteroatoms. The molecule has 3 heterocycles. The van der Waals surface area contributed by atoms with Crippen molar-refractivity contribution in [3.05, 3.63) is 77.0 Å². The van der Waals surface area contributed by atoms with E-state index in [9.17, 15) is 9.59 Å². The van der Waals surface area contributed by atoms with E-state index < -0.39 is 11.5 Å². The Kier molecular flexibility index (Phi) is 5.01. The highest BCUT2D eigenvalue weighted by Gasteiger charge is 2.19. The van der Waals surface area contributed by atoms with Crippen LogP contribution in [0.25, 0.3) is 0 Å². The molecule has 142 valence electrons. The number of para-hydroxylation sites is 1. The lowest BCUT2D eigenvalue weighted by molar-refractivity contribution is 0.102. The van der Waals surface area contributed by atoms with Crippen LogP contribution in [0.15, 0.2) is 65.8 Å². The number of aromatic amines is 1. The second-order valence-electron chi connectivity index (χ2n) is 6.44. The Hall–Kier alpha value is -3.68. The summed E-state index contributed by atoms with van der Waals surface area (Å²) in [6.45, 7) is 3.40. The number of hydrogen-bond acceptors (Lipinski definition) is 6. The lowest BCUT2D eigenvalue weighted by Gasteiger charge is -2.36. The predicted molar refractivity (Wildman–Crippen MR) is 108 cm³/mol. The number of rotatable bonds is 4. The standard InChI is InChI=1S/C20H20N6O2/c27-19-16(7-4-8-21-19)20(28)24-17-13-18(23-14-22-17)26-11-9-25(10-12-26)15-5-2-1-3-6-15/h1-8,13-14H,9-12H2,(H,21,27)(H,22,23,24,28). The van der Waals surface area contributed by atoms with Crippen LogP contribution < -0.4 is 20.7 Å². The predicted octanol–water partition coefficient (Wildman–Crippen LogP) is 1.74. The van der Waals surface area contributed by atoms with Gasteiger partial charge in [0.15, 0.2) is 0 Å². The van der Waals surface area contributed by atoms with Crippen molar-refractivity contribution in [3.8, 4) is 0 Å². The molecule has 1 aliphatic rings. The van der Waals surface area contributed by atoms with Gasteiger partial charge in [0.05, 0.1) is 0 Å². The Morgan fingerprint density at radius 2 is 1.71 bits per heavy atom. The average Bonchev–Trinajstić information content (AvgIpc) is 2.75. The fourth-order valence-electron chi connectivity index (χ4n) is 3.20. The largest absolute Gasteiger partial charge is 0.368 e. The van der Waals surface area contributed by atoms with Gasteiger partial charge in [-0.15, -0.1) is 0 Å². The monoisotopic (exact) mass is 376 g/mol. The van der Waals surface area contributed by atoms with Crippen molar-refractivity contribution in [1.29, 1.82) is 0 Å². The molecule has 1 aliphatic heterocycles. The third-order valence-corrected chi connectivity index (χ3v) is 4.68. The van der Waals surface area contributed by atoms with Crippen molar-refractivity contribution in [2.75, 3.05) is 41.3 Å². The number of aromatic nitrogens is 3. The molecule has 2 N–H and O–H groups in total. The van der Waals surface area contributed by atoms with Crippen molar-refractivity contribution >= 4 is 23.2 Å². The fourth-order valence-corrected chi connectivity index (χ4v) is 3.20. The van der Waals surface area contributed by atoms with Crippen LogP contribution in [0.5, 0.6) is 0 Å². The van der Waals surface area contributed by atoms with E-state index in [0.29, 0.717) is 5.82 Å². The Morgan fingerprint density at radius 1 is 0.964 bits per heavy atom. The molecular weight excluding hydrogens is 356 g/mol. The molecule has 8 nitrogen and oxygen atoms in total. The van der Waals surface area contributed by atoms with E-state index in [2.05, 4.69) is 42.2 Å². The summed E-state index contributed by atoms with van der Waals surface area (Å²) in [6.07, 6.45) is 2.90. The first-order valence-electron chi connectivity index (χ1n) is 9.07. The minimum absolute atomic E-state index is 0.0409. The normalized spacial score (nSPS) is 14.0. The molecular formula is C20H20N6O2. The lowest BCUT2D eigenvalue weighted by Crippen LogP contribution is -2.46. The van der Waals surface area contributed by atoms with E-state index in [1.54, 1.807) is 12.1 Å². The molecule has 0 unspecified atom stereocenters. The van der Waals surface area contributed by atoms with Crippen molar-refractivity contribution in [3.63, 3.8) is 0 Å². The number of anilines is 3. The Balaban J connectivity index is 1.42. The van der Waals surface area contributed by atoms with Gasteiger partial charge in [-0.3, -0.25) is 9.59 Å². The molecule has 1 fully saturated rings. The second kappa shape index (κ2) is 7.91. The summed E-state index contributed by atoms with van der Waals surface area (Å²) in [5.41, 5.74) is 0.816. The zero-order valence-corrected chi connectivity index (χ0v) is 15.2. The third kappa shape index (κ3) is 3.85. The smallest absolute Gasteiger partial charge is 0.262 e. The molecule has 1 aromatic carbocycles. The minimum atomic E-state index is -0.500. The van der Waals surface area contributed by atoms with Crippen molar-refractivity contribution < 1.29 is 4.79 Å². The van der Waals surface area contributed by atoms with Crippen molar-refractivity contribution in [2.45, 2.75) is 0 Å². The van der Waals surface area contributed by atoms with Gasteiger partial charge in [0.25, 0.3) is 11.5 Å². The van der Waals surface area contributed by atoms with E-state index in [1.807, 2.05) is 18.2 Å². The summed E-state index contributed by atoms with van der Waals surface area (Å²) in [7, 11) is 0. The molecule has 3 aromatic rings. The van der Waals surface area contributed by atoms with Crippen LogP contribution in [0.1, 0.15) is 10.4 Å². The minimum Gasteiger partial charge on any atom is -0.368 e. The van der Waals surface area contributed by atoms with E-state index >= 15 is 0 Å². The number of carbonyl (C=O) groups is 1. The fraction of sp³-hybridized carbons (Fsp3) is 0.200. The molecule has 0 aliphatic carbocycles. The Labute approximate surface area is 161 Å². The van der Waals surface area contributed by atoms with Gasteiger partial charge in [0.1, 0.15) is 23.5 Å². The summed E-state index contributed by atoms with van der Waals surface area (Å²) in [6, 6.07) is 15.1. The number of pyridine rings is 1. The zero-order valence-electron chi connectivity index (χ0n) is 15.2. The van der Waals surface area contributed by atoms with Crippen LogP contribution in [0, 0.1) is 0 Å². The van der Waals surface area contributed by atoms with E-state index in [4.69, 9.17) is 0 Å². The number of amides is 1. The van der Waals surface area contributed by atoms with E-state index in [-0.39, 0.29) is 5.56 Å². The van der Waals surface area contributed by atoms with Gasteiger partial charge in [-0.05, 0) is 24.3 Å². The van der Waals surface area contributed by atoms with Gasteiger partial charge in [-0.1, -0.05) is 18.2 Å². The Morgan fingerprint density at radius 3 is 2.46 bits per heavy atom. The summed E-state index contributed by atoms with van der Waals surface area (Å²) < 4.78 is 0. The van der Waals surface area contributed by atoms with Crippen LogP contribution in [0.2, 0.25) is 0 Å². The second-order valence-corrected chi connectivity index (χ2v) is 6.44. The molecule has 0 saturated carbocycles. The highest BCUT2D eigenvalue weighted by atomic mass is 16.2. The third-order valence-electron chi connectivity index (χ3n) is 4.68. The van der Waals surface area contributed by atoms with E-state index in [0.717, 1.165) is 32.0 Å².